The van der Waals surface area contributed by atoms with Crippen molar-refractivity contribution in [3.05, 3.63) is 24.3 Å². The molecule has 1 aliphatic heterocycles. The molecular formula is C22H32N2O4S. The Morgan fingerprint density at radius 1 is 1.10 bits per heavy atom. The Hall–Kier alpha value is -1.60. The van der Waals surface area contributed by atoms with Crippen molar-refractivity contribution < 1.29 is 17.9 Å². The van der Waals surface area contributed by atoms with E-state index in [9.17, 15) is 13.2 Å². The zero-order valence-electron chi connectivity index (χ0n) is 17.3. The molecule has 1 saturated heterocycles. The van der Waals surface area contributed by atoms with Crippen molar-refractivity contribution in [3.8, 4) is 5.75 Å². The highest BCUT2D eigenvalue weighted by atomic mass is 32.2. The number of amides is 1. The monoisotopic (exact) mass is 420 g/mol. The van der Waals surface area contributed by atoms with Crippen molar-refractivity contribution in [1.82, 2.24) is 9.62 Å². The third-order valence-electron chi connectivity index (χ3n) is 7.33. The second-order valence-electron chi connectivity index (χ2n) is 8.99. The largest absolute Gasteiger partial charge is 0.497 e. The lowest BCUT2D eigenvalue weighted by atomic mass is 9.83. The van der Waals surface area contributed by atoms with Gasteiger partial charge in [0.2, 0.25) is 15.9 Å². The smallest absolute Gasteiger partial charge is 0.243 e. The summed E-state index contributed by atoms with van der Waals surface area (Å²) in [6, 6.07) is 6.68. The third kappa shape index (κ3) is 4.17. The molecule has 2 saturated carbocycles. The number of carbonyl (C=O) groups is 1. The molecule has 3 fully saturated rings. The highest BCUT2D eigenvalue weighted by Gasteiger charge is 2.42. The molecule has 1 aromatic carbocycles. The lowest BCUT2D eigenvalue weighted by Gasteiger charge is -2.33. The molecule has 1 aromatic rings. The van der Waals surface area contributed by atoms with E-state index in [2.05, 4.69) is 12.2 Å². The summed E-state index contributed by atoms with van der Waals surface area (Å²) in [4.78, 5) is 13.0. The predicted octanol–water partition coefficient (Wildman–Crippen LogP) is 3.04. The van der Waals surface area contributed by atoms with Gasteiger partial charge >= 0.3 is 0 Å². The topological polar surface area (TPSA) is 75.7 Å². The molecule has 0 radical (unpaired) electrons. The van der Waals surface area contributed by atoms with E-state index < -0.39 is 10.0 Å². The van der Waals surface area contributed by atoms with Crippen molar-refractivity contribution in [1.29, 1.82) is 0 Å². The molecule has 4 rings (SSSR count). The van der Waals surface area contributed by atoms with Crippen LogP contribution in [0.3, 0.4) is 0 Å². The van der Waals surface area contributed by atoms with Crippen LogP contribution in [0.4, 0.5) is 0 Å². The van der Waals surface area contributed by atoms with Crippen molar-refractivity contribution in [2.45, 2.75) is 56.4 Å². The molecular weight excluding hydrogens is 388 g/mol. The van der Waals surface area contributed by atoms with Gasteiger partial charge < -0.3 is 10.1 Å². The molecule has 2 bridgehead atoms. The molecule has 1 heterocycles. The van der Waals surface area contributed by atoms with E-state index in [-0.39, 0.29) is 22.8 Å². The molecule has 0 unspecified atom stereocenters. The van der Waals surface area contributed by atoms with Crippen LogP contribution in [0.25, 0.3) is 0 Å². The molecule has 0 spiro atoms. The van der Waals surface area contributed by atoms with E-state index in [0.717, 1.165) is 11.8 Å². The second-order valence-corrected chi connectivity index (χ2v) is 10.9. The number of rotatable bonds is 6. The molecule has 0 aromatic heterocycles. The van der Waals surface area contributed by atoms with Crippen LogP contribution in [-0.4, -0.2) is 44.9 Å². The number of nitrogens with one attached hydrogen (secondary N) is 1. The Balaban J connectivity index is 1.30. The second kappa shape index (κ2) is 8.26. The fraction of sp³-hybridized carbons (Fsp3) is 0.682. The summed E-state index contributed by atoms with van der Waals surface area (Å²) >= 11 is 0. The number of carbonyl (C=O) groups excluding carboxylic acids is 1. The van der Waals surface area contributed by atoms with Crippen LogP contribution in [-0.2, 0) is 14.8 Å². The number of benzene rings is 1. The van der Waals surface area contributed by atoms with Gasteiger partial charge in [0.05, 0.1) is 12.0 Å². The van der Waals surface area contributed by atoms with Gasteiger partial charge in [-0.15, -0.1) is 0 Å². The van der Waals surface area contributed by atoms with E-state index in [1.165, 1.54) is 30.0 Å². The van der Waals surface area contributed by atoms with Crippen LogP contribution in [0.2, 0.25) is 0 Å². The van der Waals surface area contributed by atoms with Gasteiger partial charge in [-0.25, -0.2) is 8.42 Å². The minimum atomic E-state index is -3.53. The highest BCUT2D eigenvalue weighted by molar-refractivity contribution is 7.89. The zero-order chi connectivity index (χ0) is 20.6. The van der Waals surface area contributed by atoms with Crippen LogP contribution in [0.15, 0.2) is 29.2 Å². The van der Waals surface area contributed by atoms with Gasteiger partial charge in [-0.2, -0.15) is 4.31 Å². The quantitative estimate of drug-likeness (QED) is 0.768. The number of methoxy groups -OCH3 is 1. The minimum absolute atomic E-state index is 0.0987. The molecule has 6 nitrogen and oxygen atoms in total. The molecule has 3 aliphatic rings. The van der Waals surface area contributed by atoms with E-state index >= 15 is 0 Å². The number of piperidine rings is 1. The summed E-state index contributed by atoms with van der Waals surface area (Å²) in [7, 11) is -1.98. The number of ether oxygens (including phenoxy) is 1. The molecule has 29 heavy (non-hydrogen) atoms. The van der Waals surface area contributed by atoms with Gasteiger partial charge in [0.25, 0.3) is 0 Å². The normalized spacial score (nSPS) is 29.0. The third-order valence-corrected chi connectivity index (χ3v) is 9.24. The van der Waals surface area contributed by atoms with Gasteiger partial charge in [-0.1, -0.05) is 6.42 Å². The zero-order valence-corrected chi connectivity index (χ0v) is 18.2. The fourth-order valence-corrected chi connectivity index (χ4v) is 7.08. The fourth-order valence-electron chi connectivity index (χ4n) is 5.61. The van der Waals surface area contributed by atoms with Crippen molar-refractivity contribution in [2.75, 3.05) is 20.2 Å². The van der Waals surface area contributed by atoms with Crippen molar-refractivity contribution >= 4 is 15.9 Å². The van der Waals surface area contributed by atoms with Crippen LogP contribution < -0.4 is 10.1 Å². The first-order valence-electron chi connectivity index (χ1n) is 10.8. The summed E-state index contributed by atoms with van der Waals surface area (Å²) in [5.41, 5.74) is 0. The number of hydrogen-bond donors (Lipinski definition) is 1. The first kappa shape index (κ1) is 20.7. The average Bonchev–Trinajstić information content (AvgIpc) is 3.37. The summed E-state index contributed by atoms with van der Waals surface area (Å²) in [6.07, 6.45) is 6.42. The SMILES string of the molecule is COc1ccc(S(=O)(=O)N2CCC(C(=O)N[C@H](C)[C@@H]3C[C@H]4CC[C@H]3C4)CC2)cc1. The Morgan fingerprint density at radius 2 is 1.79 bits per heavy atom. The Bertz CT molecular complexity index is 831. The van der Waals surface area contributed by atoms with Gasteiger partial charge in [0.1, 0.15) is 5.75 Å². The van der Waals surface area contributed by atoms with Crippen molar-refractivity contribution in [2.24, 2.45) is 23.7 Å². The van der Waals surface area contributed by atoms with Gasteiger partial charge in [-0.3, -0.25) is 4.79 Å². The maximum absolute atomic E-state index is 12.9. The number of sulfonamides is 1. The summed E-state index contributed by atoms with van der Waals surface area (Å²) < 4.78 is 32.3. The van der Waals surface area contributed by atoms with Gasteiger partial charge in [0, 0.05) is 25.0 Å². The first-order valence-corrected chi connectivity index (χ1v) is 12.3. The molecule has 1 N–H and O–H groups in total. The van der Waals surface area contributed by atoms with Crippen LogP contribution in [0.1, 0.15) is 45.4 Å². The maximum Gasteiger partial charge on any atom is 0.243 e. The Morgan fingerprint density at radius 3 is 2.34 bits per heavy atom. The summed E-state index contributed by atoms with van der Waals surface area (Å²) in [6.45, 7) is 2.91. The lowest BCUT2D eigenvalue weighted by Crippen LogP contribution is -2.47. The van der Waals surface area contributed by atoms with Gasteiger partial charge in [0.15, 0.2) is 0 Å². The van der Waals surface area contributed by atoms with E-state index in [0.29, 0.717) is 37.6 Å². The van der Waals surface area contributed by atoms with E-state index in [1.807, 2.05) is 0 Å². The molecule has 1 amide bonds. The minimum Gasteiger partial charge on any atom is -0.497 e. The van der Waals surface area contributed by atoms with Crippen LogP contribution in [0.5, 0.6) is 5.75 Å². The van der Waals surface area contributed by atoms with Crippen molar-refractivity contribution in [3.63, 3.8) is 0 Å². The summed E-state index contributed by atoms with van der Waals surface area (Å²) in [5.74, 6) is 2.90. The van der Waals surface area contributed by atoms with Crippen LogP contribution in [0, 0.1) is 23.7 Å². The highest BCUT2D eigenvalue weighted by Crippen LogP contribution is 2.49. The Kier molecular flexibility index (Phi) is 5.89. The average molecular weight is 421 g/mol. The molecule has 4 atom stereocenters. The number of nitrogens with zero attached hydrogens (tertiary/aromatic N) is 1. The van der Waals surface area contributed by atoms with Crippen LogP contribution >= 0.6 is 0 Å². The lowest BCUT2D eigenvalue weighted by molar-refractivity contribution is -0.127. The van der Waals surface area contributed by atoms with Gasteiger partial charge in [-0.05, 0) is 81.0 Å². The Labute approximate surface area is 174 Å². The molecule has 7 heteroatoms. The summed E-state index contributed by atoms with van der Waals surface area (Å²) in [5, 5.41) is 3.25. The van der Waals surface area contributed by atoms with E-state index in [4.69, 9.17) is 4.74 Å². The number of fused-ring (bicyclic) bond motifs is 2. The standard InChI is InChI=1S/C22H32N2O4S/c1-15(21-14-16-3-4-18(21)13-16)23-22(25)17-9-11-24(12-10-17)29(26,27)20-7-5-19(28-2)6-8-20/h5-8,15-18,21H,3-4,9-14H2,1-2H3,(H,23,25)/t15-,16+,18+,21+/m1/s1. The first-order chi connectivity index (χ1) is 13.9. The number of hydrogen-bond acceptors (Lipinski definition) is 4. The molecule has 2 aliphatic carbocycles. The maximum atomic E-state index is 12.9. The van der Waals surface area contributed by atoms with E-state index in [1.54, 1.807) is 31.4 Å². The predicted molar refractivity (Wildman–Crippen MR) is 111 cm³/mol. The molecule has 160 valence electrons.